The summed E-state index contributed by atoms with van der Waals surface area (Å²) in [6, 6.07) is 27.1. The second kappa shape index (κ2) is 9.64. The van der Waals surface area contributed by atoms with E-state index in [9.17, 15) is 9.59 Å². The molecule has 2 heterocycles. The predicted molar refractivity (Wildman–Crippen MR) is 145 cm³/mol. The van der Waals surface area contributed by atoms with Crippen molar-refractivity contribution in [2.45, 2.75) is 24.8 Å². The molecule has 0 fully saturated rings. The molecule has 0 bridgehead atoms. The van der Waals surface area contributed by atoms with Gasteiger partial charge in [0.15, 0.2) is 5.78 Å². The van der Waals surface area contributed by atoms with Gasteiger partial charge in [-0.3, -0.25) is 9.69 Å². The minimum Gasteiger partial charge on any atom is -0.469 e. The van der Waals surface area contributed by atoms with E-state index in [-0.39, 0.29) is 17.7 Å². The Hall–Kier alpha value is -4.29. The number of hydrogen-bond acceptors (Lipinski definition) is 4. The van der Waals surface area contributed by atoms with Gasteiger partial charge in [-0.2, -0.15) is 0 Å². The Morgan fingerprint density at radius 3 is 2.43 bits per heavy atom. The van der Waals surface area contributed by atoms with Crippen molar-refractivity contribution in [3.63, 3.8) is 0 Å². The molecule has 2 amide bonds. The minimum atomic E-state index is -0.621. The number of halogens is 1. The highest BCUT2D eigenvalue weighted by molar-refractivity contribution is 6.30. The zero-order valence-corrected chi connectivity index (χ0v) is 20.6. The second-order valence-electron chi connectivity index (χ2n) is 9.20. The number of furan rings is 1. The maximum absolute atomic E-state index is 14.0. The number of urea groups is 1. The van der Waals surface area contributed by atoms with Crippen LogP contribution in [0.2, 0.25) is 5.02 Å². The number of hydrogen-bond donors (Lipinski definition) is 2. The van der Waals surface area contributed by atoms with Crippen LogP contribution in [-0.4, -0.2) is 11.8 Å². The smallest absolute Gasteiger partial charge is 0.327 e. The maximum atomic E-state index is 14.0. The van der Waals surface area contributed by atoms with Crippen LogP contribution in [0.4, 0.5) is 21.9 Å². The summed E-state index contributed by atoms with van der Waals surface area (Å²) in [4.78, 5) is 29.5. The first kappa shape index (κ1) is 23.1. The van der Waals surface area contributed by atoms with Gasteiger partial charge in [-0.15, -0.1) is 0 Å². The molecule has 0 unspecified atom stereocenters. The fraction of sp³-hybridized carbons (Fsp3) is 0.133. The zero-order valence-electron chi connectivity index (χ0n) is 19.9. The molecule has 1 aliphatic heterocycles. The number of allylic oxidation sites excluding steroid dienone is 1. The standard InChI is InChI=1S/C30H24ClN3O3/c31-21-12-14-22(15-13-21)32-30(36)34-25-10-5-4-9-23(25)33-24-17-20(27-11-6-16-37-27)18-26(35)28(24)29(34)19-7-2-1-3-8-19/h1-16,20,29,33H,17-18H2,(H,32,36)/t20-,29+/m0/s1. The number of nitrogens with zero attached hydrogens (tertiary/aromatic N) is 1. The highest BCUT2D eigenvalue weighted by Crippen LogP contribution is 2.47. The molecule has 0 saturated carbocycles. The molecule has 6 nitrogen and oxygen atoms in total. The van der Waals surface area contributed by atoms with Crippen LogP contribution in [0.1, 0.15) is 36.1 Å². The van der Waals surface area contributed by atoms with Crippen LogP contribution >= 0.6 is 11.6 Å². The molecular weight excluding hydrogens is 486 g/mol. The highest BCUT2D eigenvalue weighted by Gasteiger charge is 2.42. The first-order chi connectivity index (χ1) is 18.1. The third-order valence-electron chi connectivity index (χ3n) is 6.86. The van der Waals surface area contributed by atoms with Crippen molar-refractivity contribution in [2.24, 2.45) is 0 Å². The molecule has 1 aromatic heterocycles. The summed E-state index contributed by atoms with van der Waals surface area (Å²) in [7, 11) is 0. The zero-order chi connectivity index (χ0) is 25.4. The average Bonchev–Trinajstić information content (AvgIpc) is 3.40. The number of carbonyl (C=O) groups is 2. The van der Waals surface area contributed by atoms with Crippen molar-refractivity contribution in [3.05, 3.63) is 125 Å². The van der Waals surface area contributed by atoms with E-state index in [1.807, 2.05) is 66.7 Å². The number of nitrogens with one attached hydrogen (secondary N) is 2. The van der Waals surface area contributed by atoms with Gasteiger partial charge in [0.25, 0.3) is 0 Å². The van der Waals surface area contributed by atoms with E-state index >= 15 is 0 Å². The molecule has 4 aromatic rings. The largest absolute Gasteiger partial charge is 0.469 e. The van der Waals surface area contributed by atoms with Crippen molar-refractivity contribution < 1.29 is 14.0 Å². The number of ketones is 1. The molecule has 2 atom stereocenters. The number of carbonyl (C=O) groups excluding carboxylic acids is 2. The second-order valence-corrected chi connectivity index (χ2v) is 9.63. The number of amides is 2. The lowest BCUT2D eigenvalue weighted by Gasteiger charge is -2.34. The average molecular weight is 510 g/mol. The summed E-state index contributed by atoms with van der Waals surface area (Å²) in [5, 5.41) is 7.10. The van der Waals surface area contributed by atoms with E-state index in [0.717, 1.165) is 22.7 Å². The van der Waals surface area contributed by atoms with Crippen LogP contribution in [0.15, 0.2) is 113 Å². The molecule has 6 rings (SSSR count). The van der Waals surface area contributed by atoms with Gasteiger partial charge in [-0.05, 0) is 60.5 Å². The molecule has 0 saturated heterocycles. The van der Waals surface area contributed by atoms with Gasteiger partial charge in [0.05, 0.1) is 23.7 Å². The molecule has 0 radical (unpaired) electrons. The van der Waals surface area contributed by atoms with Gasteiger partial charge in [0.1, 0.15) is 5.76 Å². The molecular formula is C30H24ClN3O3. The van der Waals surface area contributed by atoms with Gasteiger partial charge in [-0.25, -0.2) is 4.79 Å². The van der Waals surface area contributed by atoms with Crippen LogP contribution in [0.3, 0.4) is 0 Å². The Labute approximate surface area is 219 Å². The monoisotopic (exact) mass is 509 g/mol. The normalized spacial score (nSPS) is 18.9. The summed E-state index contributed by atoms with van der Waals surface area (Å²) < 4.78 is 5.66. The Morgan fingerprint density at radius 1 is 0.919 bits per heavy atom. The van der Waals surface area contributed by atoms with E-state index in [4.69, 9.17) is 16.0 Å². The van der Waals surface area contributed by atoms with Crippen LogP contribution in [0.5, 0.6) is 0 Å². The first-order valence-corrected chi connectivity index (χ1v) is 12.5. The Morgan fingerprint density at radius 2 is 1.68 bits per heavy atom. The van der Waals surface area contributed by atoms with E-state index in [2.05, 4.69) is 10.6 Å². The molecule has 3 aromatic carbocycles. The van der Waals surface area contributed by atoms with Crippen molar-refractivity contribution in [1.82, 2.24) is 0 Å². The van der Waals surface area contributed by atoms with Gasteiger partial charge in [0, 0.05) is 34.3 Å². The van der Waals surface area contributed by atoms with Gasteiger partial charge in [0.2, 0.25) is 0 Å². The van der Waals surface area contributed by atoms with Crippen LogP contribution in [0.25, 0.3) is 0 Å². The summed E-state index contributed by atoms with van der Waals surface area (Å²) in [6.45, 7) is 0. The first-order valence-electron chi connectivity index (χ1n) is 12.1. The Kier molecular flexibility index (Phi) is 6.02. The van der Waals surface area contributed by atoms with E-state index in [1.54, 1.807) is 35.4 Å². The van der Waals surface area contributed by atoms with Crippen LogP contribution in [0, 0.1) is 0 Å². The van der Waals surface area contributed by atoms with Gasteiger partial charge in [-0.1, -0.05) is 54.1 Å². The van der Waals surface area contributed by atoms with Crippen molar-refractivity contribution >= 4 is 40.5 Å². The molecule has 7 heteroatoms. The lowest BCUT2D eigenvalue weighted by atomic mass is 9.80. The SMILES string of the molecule is O=C1C[C@@H](c2ccco2)CC2=C1[C@@H](c1ccccc1)N(C(=O)Nc1ccc(Cl)cc1)c1ccccc1N2. The van der Waals surface area contributed by atoms with E-state index in [0.29, 0.717) is 34.8 Å². The summed E-state index contributed by atoms with van der Waals surface area (Å²) in [5.41, 5.74) is 4.30. The summed E-state index contributed by atoms with van der Waals surface area (Å²) >= 11 is 6.05. The number of rotatable bonds is 3. The maximum Gasteiger partial charge on any atom is 0.327 e. The third kappa shape index (κ3) is 4.41. The van der Waals surface area contributed by atoms with Crippen molar-refractivity contribution in [3.8, 4) is 0 Å². The van der Waals surface area contributed by atoms with E-state index in [1.165, 1.54) is 0 Å². The topological polar surface area (TPSA) is 74.6 Å². The van der Waals surface area contributed by atoms with Crippen LogP contribution < -0.4 is 15.5 Å². The highest BCUT2D eigenvalue weighted by atomic mass is 35.5. The van der Waals surface area contributed by atoms with Gasteiger partial charge < -0.3 is 15.1 Å². The predicted octanol–water partition coefficient (Wildman–Crippen LogP) is 7.54. The Balaban J connectivity index is 1.50. The minimum absolute atomic E-state index is 0.0129. The quantitative estimate of drug-likeness (QED) is 0.299. The molecule has 37 heavy (non-hydrogen) atoms. The number of anilines is 3. The number of para-hydroxylation sites is 2. The lowest BCUT2D eigenvalue weighted by molar-refractivity contribution is -0.116. The molecule has 0 spiro atoms. The lowest BCUT2D eigenvalue weighted by Crippen LogP contribution is -2.41. The summed E-state index contributed by atoms with van der Waals surface area (Å²) in [6.07, 6.45) is 2.54. The molecule has 2 N–H and O–H groups in total. The van der Waals surface area contributed by atoms with Crippen molar-refractivity contribution in [2.75, 3.05) is 15.5 Å². The fourth-order valence-electron chi connectivity index (χ4n) is 5.21. The molecule has 1 aliphatic carbocycles. The number of Topliss-reactive ketones (excluding diaryl/α,β-unsaturated/α-hetero) is 1. The number of benzene rings is 3. The fourth-order valence-corrected chi connectivity index (χ4v) is 5.33. The third-order valence-corrected chi connectivity index (χ3v) is 7.12. The van der Waals surface area contributed by atoms with E-state index < -0.39 is 6.04 Å². The molecule has 184 valence electrons. The van der Waals surface area contributed by atoms with Crippen LogP contribution in [-0.2, 0) is 4.79 Å². The Bertz CT molecular complexity index is 1480. The number of fused-ring (bicyclic) bond motifs is 1. The van der Waals surface area contributed by atoms with Crippen molar-refractivity contribution in [1.29, 1.82) is 0 Å². The van der Waals surface area contributed by atoms with Gasteiger partial charge >= 0.3 is 6.03 Å². The molecule has 2 aliphatic rings. The summed E-state index contributed by atoms with van der Waals surface area (Å²) in [5.74, 6) is 0.695.